The van der Waals surface area contributed by atoms with Crippen LogP contribution in [0, 0.1) is 0 Å². The molecule has 0 saturated carbocycles. The van der Waals surface area contributed by atoms with Crippen LogP contribution in [0.25, 0.3) is 0 Å². The first-order chi connectivity index (χ1) is 7.33. The monoisotopic (exact) mass is 248 g/mol. The first kappa shape index (κ1) is 13.5. The van der Waals surface area contributed by atoms with Gasteiger partial charge in [0.05, 0.1) is 0 Å². The van der Waals surface area contributed by atoms with E-state index < -0.39 is 8.32 Å². The summed E-state index contributed by atoms with van der Waals surface area (Å²) in [7, 11) is -1.45. The second kappa shape index (κ2) is 7.69. The Kier molecular flexibility index (Phi) is 6.94. The van der Waals surface area contributed by atoms with Gasteiger partial charge < -0.3 is 4.43 Å². The highest BCUT2D eigenvalue weighted by Gasteiger charge is 2.35. The standard InChI is InChI=1S/C12H25ClOSi/c1-2-3-4-6-9-14-15(12-13)10-7-5-8-11-15/h2-12H2,1H3. The van der Waals surface area contributed by atoms with Crippen molar-refractivity contribution in [3.05, 3.63) is 0 Å². The van der Waals surface area contributed by atoms with Gasteiger partial charge in [-0.2, -0.15) is 0 Å². The van der Waals surface area contributed by atoms with Gasteiger partial charge in [0, 0.05) is 12.1 Å². The van der Waals surface area contributed by atoms with Crippen LogP contribution in [0.4, 0.5) is 0 Å². The van der Waals surface area contributed by atoms with E-state index in [0.717, 1.165) is 12.1 Å². The highest BCUT2D eigenvalue weighted by atomic mass is 35.5. The van der Waals surface area contributed by atoms with Crippen molar-refractivity contribution in [1.29, 1.82) is 0 Å². The van der Waals surface area contributed by atoms with Crippen molar-refractivity contribution < 1.29 is 4.43 Å². The molecule has 0 atom stereocenters. The fourth-order valence-electron chi connectivity index (χ4n) is 2.33. The molecule has 1 saturated heterocycles. The zero-order valence-corrected chi connectivity index (χ0v) is 11.8. The van der Waals surface area contributed by atoms with E-state index in [1.807, 2.05) is 0 Å². The predicted octanol–water partition coefficient (Wildman–Crippen LogP) is 4.49. The quantitative estimate of drug-likeness (QED) is 0.367. The van der Waals surface area contributed by atoms with Gasteiger partial charge in [-0.15, -0.1) is 11.6 Å². The number of hydrogen-bond donors (Lipinski definition) is 0. The molecule has 0 unspecified atom stereocenters. The van der Waals surface area contributed by atoms with Crippen molar-refractivity contribution >= 4 is 19.9 Å². The van der Waals surface area contributed by atoms with Crippen molar-refractivity contribution in [3.8, 4) is 0 Å². The lowest BCUT2D eigenvalue weighted by atomic mass is 10.2. The van der Waals surface area contributed by atoms with E-state index in [0.29, 0.717) is 0 Å². The number of unbranched alkanes of at least 4 members (excludes halogenated alkanes) is 3. The summed E-state index contributed by atoms with van der Waals surface area (Å²) in [4.78, 5) is 0. The van der Waals surface area contributed by atoms with E-state index in [1.54, 1.807) is 0 Å². The van der Waals surface area contributed by atoms with E-state index in [4.69, 9.17) is 16.0 Å². The van der Waals surface area contributed by atoms with Crippen LogP contribution in [0.3, 0.4) is 0 Å². The number of alkyl halides is 1. The van der Waals surface area contributed by atoms with Crippen LogP contribution < -0.4 is 0 Å². The molecule has 1 heterocycles. The zero-order chi connectivity index (χ0) is 11.0. The van der Waals surface area contributed by atoms with Gasteiger partial charge in [0.2, 0.25) is 8.32 Å². The highest BCUT2D eigenvalue weighted by molar-refractivity contribution is 6.80. The number of halogens is 1. The van der Waals surface area contributed by atoms with Crippen LogP contribution in [-0.2, 0) is 4.43 Å². The van der Waals surface area contributed by atoms with Crippen LogP contribution in [0.5, 0.6) is 0 Å². The summed E-state index contributed by atoms with van der Waals surface area (Å²) in [6.45, 7) is 3.22. The van der Waals surface area contributed by atoms with Crippen LogP contribution in [-0.4, -0.2) is 20.4 Å². The van der Waals surface area contributed by atoms with Gasteiger partial charge in [0.25, 0.3) is 0 Å². The number of rotatable bonds is 7. The SMILES string of the molecule is CCCCCCO[Si]1(CCl)CCCCC1. The third kappa shape index (κ3) is 4.88. The Balaban J connectivity index is 2.15. The molecule has 3 heteroatoms. The minimum Gasteiger partial charge on any atom is -0.416 e. The Bertz CT molecular complexity index is 158. The van der Waals surface area contributed by atoms with Crippen molar-refractivity contribution in [2.75, 3.05) is 12.1 Å². The molecule has 1 fully saturated rings. The molecule has 1 rings (SSSR count). The first-order valence-electron chi connectivity index (χ1n) is 6.53. The summed E-state index contributed by atoms with van der Waals surface area (Å²) in [6, 6.07) is 2.62. The van der Waals surface area contributed by atoms with Crippen molar-refractivity contribution in [2.24, 2.45) is 0 Å². The average molecular weight is 249 g/mol. The molecule has 90 valence electrons. The zero-order valence-electron chi connectivity index (χ0n) is 10.1. The second-order valence-electron chi connectivity index (χ2n) is 4.79. The molecule has 0 aromatic rings. The normalized spacial score (nSPS) is 20.4. The van der Waals surface area contributed by atoms with Gasteiger partial charge in [-0.1, -0.05) is 45.4 Å². The largest absolute Gasteiger partial charge is 0.416 e. The van der Waals surface area contributed by atoms with Gasteiger partial charge >= 0.3 is 0 Å². The summed E-state index contributed by atoms with van der Waals surface area (Å²) in [6.07, 6.45) is 9.31. The Morgan fingerprint density at radius 2 is 1.80 bits per heavy atom. The maximum Gasteiger partial charge on any atom is 0.207 e. The van der Waals surface area contributed by atoms with E-state index in [2.05, 4.69) is 6.92 Å². The summed E-state index contributed by atoms with van der Waals surface area (Å²) in [5.41, 5.74) is 0.820. The fraction of sp³-hybridized carbons (Fsp3) is 1.00. The molecule has 1 aliphatic heterocycles. The first-order valence-corrected chi connectivity index (χ1v) is 9.59. The topological polar surface area (TPSA) is 9.23 Å². The Morgan fingerprint density at radius 1 is 1.07 bits per heavy atom. The predicted molar refractivity (Wildman–Crippen MR) is 70.0 cm³/mol. The number of hydrogen-bond acceptors (Lipinski definition) is 1. The van der Waals surface area contributed by atoms with E-state index in [-0.39, 0.29) is 0 Å². The minimum absolute atomic E-state index is 0.820. The Hall–Kier alpha value is 0.467. The smallest absolute Gasteiger partial charge is 0.207 e. The van der Waals surface area contributed by atoms with Crippen molar-refractivity contribution in [2.45, 2.75) is 64.0 Å². The van der Waals surface area contributed by atoms with Gasteiger partial charge in [0.1, 0.15) is 0 Å². The van der Waals surface area contributed by atoms with Crippen molar-refractivity contribution in [3.63, 3.8) is 0 Å². The molecular formula is C12H25ClOSi. The van der Waals surface area contributed by atoms with Crippen LogP contribution >= 0.6 is 11.6 Å². The second-order valence-corrected chi connectivity index (χ2v) is 9.51. The molecule has 0 aromatic carbocycles. The van der Waals surface area contributed by atoms with Crippen molar-refractivity contribution in [1.82, 2.24) is 0 Å². The molecule has 1 nitrogen and oxygen atoms in total. The maximum atomic E-state index is 6.17. The van der Waals surface area contributed by atoms with E-state index >= 15 is 0 Å². The summed E-state index contributed by atoms with van der Waals surface area (Å²) in [5, 5.41) is 0. The molecule has 0 N–H and O–H groups in total. The van der Waals surface area contributed by atoms with Crippen LogP contribution in [0.2, 0.25) is 12.1 Å². The molecule has 15 heavy (non-hydrogen) atoms. The van der Waals surface area contributed by atoms with E-state index in [1.165, 1.54) is 57.0 Å². The average Bonchev–Trinajstić information content (AvgIpc) is 2.30. The Morgan fingerprint density at radius 3 is 2.40 bits per heavy atom. The van der Waals surface area contributed by atoms with Crippen LogP contribution in [0.15, 0.2) is 0 Å². The summed E-state index contributed by atoms with van der Waals surface area (Å²) >= 11 is 6.11. The Labute approximate surface area is 101 Å². The molecule has 0 amide bonds. The van der Waals surface area contributed by atoms with Gasteiger partial charge in [-0.3, -0.25) is 0 Å². The molecule has 1 aliphatic rings. The fourth-order valence-corrected chi connectivity index (χ4v) is 6.61. The van der Waals surface area contributed by atoms with Gasteiger partial charge in [-0.25, -0.2) is 0 Å². The molecule has 0 radical (unpaired) electrons. The van der Waals surface area contributed by atoms with Gasteiger partial charge in [0.15, 0.2) is 0 Å². The third-order valence-electron chi connectivity index (χ3n) is 3.41. The molecule has 0 aromatic heterocycles. The highest BCUT2D eigenvalue weighted by Crippen LogP contribution is 2.30. The van der Waals surface area contributed by atoms with Gasteiger partial charge in [-0.05, 0) is 18.5 Å². The minimum atomic E-state index is -1.45. The molecule has 0 bridgehead atoms. The van der Waals surface area contributed by atoms with E-state index in [9.17, 15) is 0 Å². The van der Waals surface area contributed by atoms with Crippen LogP contribution in [0.1, 0.15) is 51.9 Å². The molecule has 0 aliphatic carbocycles. The molecular weight excluding hydrogens is 224 g/mol. The lowest BCUT2D eigenvalue weighted by Crippen LogP contribution is -2.43. The third-order valence-corrected chi connectivity index (χ3v) is 8.71. The molecule has 0 spiro atoms. The summed E-state index contributed by atoms with van der Waals surface area (Å²) < 4.78 is 6.17. The lowest BCUT2D eigenvalue weighted by Gasteiger charge is -2.33. The maximum absolute atomic E-state index is 6.17. The summed E-state index contributed by atoms with van der Waals surface area (Å²) in [5.74, 6) is 0. The lowest BCUT2D eigenvalue weighted by molar-refractivity contribution is 0.283.